The maximum absolute atomic E-state index is 11.8. The summed E-state index contributed by atoms with van der Waals surface area (Å²) in [6.07, 6.45) is 6.76. The number of nitrogens with zero attached hydrogens (tertiary/aromatic N) is 1. The lowest BCUT2D eigenvalue weighted by molar-refractivity contribution is -0.117. The summed E-state index contributed by atoms with van der Waals surface area (Å²) in [6, 6.07) is 8.70. The van der Waals surface area contributed by atoms with E-state index in [1.807, 2.05) is 17.0 Å². The summed E-state index contributed by atoms with van der Waals surface area (Å²) < 4.78 is 0. The van der Waals surface area contributed by atoms with E-state index in [0.29, 0.717) is 24.9 Å². The van der Waals surface area contributed by atoms with Crippen molar-refractivity contribution in [1.29, 1.82) is 0 Å². The van der Waals surface area contributed by atoms with Gasteiger partial charge in [-0.25, -0.2) is 0 Å². The minimum atomic E-state index is 0.229. The van der Waals surface area contributed by atoms with Gasteiger partial charge in [-0.2, -0.15) is 0 Å². The molecule has 0 spiro atoms. The van der Waals surface area contributed by atoms with Crippen LogP contribution < -0.4 is 15.5 Å². The number of hydrogen-bond acceptors (Lipinski definition) is 2. The van der Waals surface area contributed by atoms with Crippen molar-refractivity contribution in [2.45, 2.75) is 58.0 Å². The molecule has 1 amide bonds. The maximum atomic E-state index is 11.8. The van der Waals surface area contributed by atoms with Crippen LogP contribution in [0.3, 0.4) is 0 Å². The average Bonchev–Trinajstić information content (AvgIpc) is 3.02. The second-order valence-corrected chi connectivity index (χ2v) is 7.42. The predicted molar refractivity (Wildman–Crippen MR) is 102 cm³/mol. The first-order valence-electron chi connectivity index (χ1n) is 9.07. The smallest absolute Gasteiger partial charge is 0.227 e. The van der Waals surface area contributed by atoms with E-state index < -0.39 is 0 Å². The lowest BCUT2D eigenvalue weighted by Crippen LogP contribution is -2.45. The molecule has 1 heterocycles. The number of amides is 1. The largest absolute Gasteiger partial charge is 0.360 e. The molecule has 0 unspecified atom stereocenters. The molecule has 1 saturated heterocycles. The molecule has 0 bridgehead atoms. The maximum Gasteiger partial charge on any atom is 0.227 e. The van der Waals surface area contributed by atoms with Gasteiger partial charge in [-0.3, -0.25) is 4.79 Å². The van der Waals surface area contributed by atoms with Crippen molar-refractivity contribution in [2.24, 2.45) is 5.92 Å². The van der Waals surface area contributed by atoms with Gasteiger partial charge >= 0.3 is 0 Å². The molecular formula is C19H27N3OS. The minimum Gasteiger partial charge on any atom is -0.360 e. The number of benzene rings is 1. The third-order valence-electron chi connectivity index (χ3n) is 5.20. The second kappa shape index (κ2) is 7.97. The number of carbonyl (C=O) groups is 1. The zero-order valence-corrected chi connectivity index (χ0v) is 15.2. The highest BCUT2D eigenvalue weighted by atomic mass is 32.1. The average molecular weight is 346 g/mol. The van der Waals surface area contributed by atoms with Crippen LogP contribution >= 0.6 is 12.2 Å². The Hall–Kier alpha value is -1.62. The first-order valence-corrected chi connectivity index (χ1v) is 9.48. The molecule has 1 aliphatic carbocycles. The van der Waals surface area contributed by atoms with E-state index >= 15 is 0 Å². The van der Waals surface area contributed by atoms with E-state index in [2.05, 4.69) is 29.7 Å². The number of anilines is 1. The first-order chi connectivity index (χ1) is 11.6. The Morgan fingerprint density at radius 2 is 1.96 bits per heavy atom. The fourth-order valence-electron chi connectivity index (χ4n) is 3.65. The molecule has 2 fully saturated rings. The number of rotatable bonds is 4. The SMILES string of the molecule is C[C@@H]1CCCC[C@H]1NC(=S)NCc1ccc(N2CCCC2=O)cc1. The van der Waals surface area contributed by atoms with Gasteiger partial charge in [0.2, 0.25) is 5.91 Å². The van der Waals surface area contributed by atoms with Crippen molar-refractivity contribution in [1.82, 2.24) is 10.6 Å². The van der Waals surface area contributed by atoms with Gasteiger partial charge in [0.05, 0.1) is 0 Å². The highest BCUT2D eigenvalue weighted by Crippen LogP contribution is 2.24. The zero-order chi connectivity index (χ0) is 16.9. The Balaban J connectivity index is 1.47. The molecule has 24 heavy (non-hydrogen) atoms. The molecule has 0 aromatic heterocycles. The van der Waals surface area contributed by atoms with Gasteiger partial charge in [-0.1, -0.05) is 31.9 Å². The van der Waals surface area contributed by atoms with Crippen molar-refractivity contribution in [3.05, 3.63) is 29.8 Å². The number of nitrogens with one attached hydrogen (secondary N) is 2. The van der Waals surface area contributed by atoms with Crippen LogP contribution in [-0.4, -0.2) is 23.6 Å². The van der Waals surface area contributed by atoms with Gasteiger partial charge in [0, 0.05) is 31.2 Å². The van der Waals surface area contributed by atoms with E-state index in [1.54, 1.807) is 0 Å². The van der Waals surface area contributed by atoms with E-state index in [4.69, 9.17) is 12.2 Å². The zero-order valence-electron chi connectivity index (χ0n) is 14.4. The quantitative estimate of drug-likeness (QED) is 0.822. The Morgan fingerprint density at radius 1 is 1.21 bits per heavy atom. The standard InChI is InChI=1S/C19H27N3OS/c1-14-5-2-3-6-17(14)21-19(24)20-13-15-8-10-16(11-9-15)22-12-4-7-18(22)23/h8-11,14,17H,2-7,12-13H2,1H3,(H2,20,21,24)/t14-,17-/m1/s1. The normalized spacial score (nSPS) is 24.0. The van der Waals surface area contributed by atoms with Crippen LogP contribution in [0.1, 0.15) is 51.0 Å². The highest BCUT2D eigenvalue weighted by Gasteiger charge is 2.22. The van der Waals surface area contributed by atoms with Crippen molar-refractivity contribution < 1.29 is 4.79 Å². The Bertz CT molecular complexity index is 587. The van der Waals surface area contributed by atoms with Crippen LogP contribution in [0.25, 0.3) is 0 Å². The van der Waals surface area contributed by atoms with E-state index in [0.717, 1.165) is 23.8 Å². The van der Waals surface area contributed by atoms with Crippen molar-refractivity contribution in [3.8, 4) is 0 Å². The molecular weight excluding hydrogens is 318 g/mol. The number of hydrogen-bond donors (Lipinski definition) is 2. The van der Waals surface area contributed by atoms with E-state index in [-0.39, 0.29) is 5.91 Å². The lowest BCUT2D eigenvalue weighted by atomic mass is 9.86. The lowest BCUT2D eigenvalue weighted by Gasteiger charge is -2.30. The topological polar surface area (TPSA) is 44.4 Å². The monoisotopic (exact) mass is 345 g/mol. The van der Waals surface area contributed by atoms with E-state index in [1.165, 1.54) is 31.2 Å². The van der Waals surface area contributed by atoms with Gasteiger partial charge < -0.3 is 15.5 Å². The second-order valence-electron chi connectivity index (χ2n) is 7.01. The Labute approximate surface area is 150 Å². The summed E-state index contributed by atoms with van der Waals surface area (Å²) in [4.78, 5) is 13.6. The molecule has 5 heteroatoms. The minimum absolute atomic E-state index is 0.229. The molecule has 2 atom stereocenters. The molecule has 3 rings (SSSR count). The Kier molecular flexibility index (Phi) is 5.72. The molecule has 130 valence electrons. The molecule has 2 N–H and O–H groups in total. The summed E-state index contributed by atoms with van der Waals surface area (Å²) in [5.74, 6) is 0.920. The van der Waals surface area contributed by atoms with Crippen molar-refractivity contribution in [3.63, 3.8) is 0 Å². The molecule has 0 radical (unpaired) electrons. The summed E-state index contributed by atoms with van der Waals surface area (Å²) in [6.45, 7) is 3.85. The highest BCUT2D eigenvalue weighted by molar-refractivity contribution is 7.80. The van der Waals surface area contributed by atoms with Crippen LogP contribution in [0, 0.1) is 5.92 Å². The summed E-state index contributed by atoms with van der Waals surface area (Å²) in [7, 11) is 0. The Morgan fingerprint density at radius 3 is 2.62 bits per heavy atom. The van der Waals surface area contributed by atoms with Crippen LogP contribution in [-0.2, 0) is 11.3 Å². The van der Waals surface area contributed by atoms with Crippen LogP contribution in [0.2, 0.25) is 0 Å². The van der Waals surface area contributed by atoms with Crippen molar-refractivity contribution in [2.75, 3.05) is 11.4 Å². The van der Waals surface area contributed by atoms with Crippen molar-refractivity contribution >= 4 is 28.9 Å². The number of carbonyl (C=O) groups excluding carboxylic acids is 1. The molecule has 4 nitrogen and oxygen atoms in total. The summed E-state index contributed by atoms with van der Waals surface area (Å²) in [5.41, 5.74) is 2.17. The van der Waals surface area contributed by atoms with Gasteiger partial charge in [-0.15, -0.1) is 0 Å². The van der Waals surface area contributed by atoms with Gasteiger partial charge in [0.25, 0.3) is 0 Å². The van der Waals surface area contributed by atoms with Crippen LogP contribution in [0.5, 0.6) is 0 Å². The summed E-state index contributed by atoms with van der Waals surface area (Å²) in [5, 5.41) is 7.52. The molecule has 2 aliphatic rings. The predicted octanol–water partition coefficient (Wildman–Crippen LogP) is 3.36. The van der Waals surface area contributed by atoms with Gasteiger partial charge in [0.15, 0.2) is 5.11 Å². The van der Waals surface area contributed by atoms with Crippen LogP contribution in [0.4, 0.5) is 5.69 Å². The molecule has 1 aliphatic heterocycles. The first kappa shape index (κ1) is 17.2. The van der Waals surface area contributed by atoms with Gasteiger partial charge in [0.1, 0.15) is 0 Å². The van der Waals surface area contributed by atoms with Gasteiger partial charge in [-0.05, 0) is 55.1 Å². The third kappa shape index (κ3) is 4.26. The fraction of sp³-hybridized carbons (Fsp3) is 0.579. The molecule has 1 saturated carbocycles. The summed E-state index contributed by atoms with van der Waals surface area (Å²) >= 11 is 5.44. The fourth-order valence-corrected chi connectivity index (χ4v) is 3.87. The van der Waals surface area contributed by atoms with E-state index in [9.17, 15) is 4.79 Å². The van der Waals surface area contributed by atoms with Crippen LogP contribution in [0.15, 0.2) is 24.3 Å². The molecule has 1 aromatic carbocycles. The third-order valence-corrected chi connectivity index (χ3v) is 5.46. The molecule has 1 aromatic rings. The number of thiocarbonyl (C=S) groups is 1.